The fourth-order valence-electron chi connectivity index (χ4n) is 1.01. The molecule has 0 amide bonds. The second-order valence-electron chi connectivity index (χ2n) is 2.62. The van der Waals surface area contributed by atoms with Crippen molar-refractivity contribution in [2.24, 2.45) is 0 Å². The van der Waals surface area contributed by atoms with Crippen LogP contribution in [0.4, 0.5) is 5.69 Å². The van der Waals surface area contributed by atoms with Gasteiger partial charge in [0.1, 0.15) is 0 Å². The summed E-state index contributed by atoms with van der Waals surface area (Å²) in [6, 6.07) is 3.35. The maximum absolute atomic E-state index is 10.7. The van der Waals surface area contributed by atoms with Crippen LogP contribution in [-0.2, 0) is 4.74 Å². The third-order valence-corrected chi connectivity index (χ3v) is 1.63. The van der Waals surface area contributed by atoms with Gasteiger partial charge < -0.3 is 15.2 Å². The van der Waals surface area contributed by atoms with E-state index in [0.29, 0.717) is 18.8 Å². The fraction of sp³-hybridized carbons (Fsp3) is 0.333. The third kappa shape index (κ3) is 2.70. The lowest BCUT2D eigenvalue weighted by Gasteiger charge is -2.07. The minimum atomic E-state index is -1.04. The molecule has 1 rings (SSSR count). The molecule has 76 valence electrons. The Morgan fingerprint density at radius 2 is 2.50 bits per heavy atom. The molecular formula is C9H12N2O3. The van der Waals surface area contributed by atoms with Crippen molar-refractivity contribution >= 4 is 11.7 Å². The average molecular weight is 196 g/mol. The van der Waals surface area contributed by atoms with E-state index in [1.807, 2.05) is 0 Å². The standard InChI is InChI=1S/C9H12N2O3/c1-14-6-5-10-7-3-2-4-11-8(7)9(12)13/h2-4,10H,5-6H2,1H3,(H,12,13). The van der Waals surface area contributed by atoms with Gasteiger partial charge in [0.2, 0.25) is 0 Å². The maximum atomic E-state index is 10.7. The van der Waals surface area contributed by atoms with E-state index in [0.717, 1.165) is 0 Å². The summed E-state index contributed by atoms with van der Waals surface area (Å²) in [6.07, 6.45) is 1.45. The number of hydrogen-bond donors (Lipinski definition) is 2. The Balaban J connectivity index is 2.69. The number of hydrogen-bond acceptors (Lipinski definition) is 4. The largest absolute Gasteiger partial charge is 0.476 e. The number of carboxylic acid groups (broad SMARTS) is 1. The van der Waals surface area contributed by atoms with Gasteiger partial charge in [-0.15, -0.1) is 0 Å². The monoisotopic (exact) mass is 196 g/mol. The van der Waals surface area contributed by atoms with Gasteiger partial charge in [0.15, 0.2) is 5.69 Å². The lowest BCUT2D eigenvalue weighted by atomic mass is 10.3. The predicted octanol–water partition coefficient (Wildman–Crippen LogP) is 0.838. The van der Waals surface area contributed by atoms with Crippen LogP contribution in [0.15, 0.2) is 18.3 Å². The molecular weight excluding hydrogens is 184 g/mol. The summed E-state index contributed by atoms with van der Waals surface area (Å²) in [5, 5.41) is 11.7. The van der Waals surface area contributed by atoms with E-state index in [1.165, 1.54) is 6.20 Å². The highest BCUT2D eigenvalue weighted by molar-refractivity contribution is 5.91. The highest BCUT2D eigenvalue weighted by atomic mass is 16.5. The molecule has 0 saturated heterocycles. The van der Waals surface area contributed by atoms with Gasteiger partial charge >= 0.3 is 5.97 Å². The molecule has 0 aliphatic heterocycles. The molecule has 0 saturated carbocycles. The predicted molar refractivity (Wildman–Crippen MR) is 51.6 cm³/mol. The quantitative estimate of drug-likeness (QED) is 0.683. The first kappa shape index (κ1) is 10.5. The summed E-state index contributed by atoms with van der Waals surface area (Å²) in [4.78, 5) is 14.5. The third-order valence-electron chi connectivity index (χ3n) is 1.63. The molecule has 0 unspecified atom stereocenters. The van der Waals surface area contributed by atoms with Crippen LogP contribution in [0.25, 0.3) is 0 Å². The van der Waals surface area contributed by atoms with Crippen LogP contribution in [0.2, 0.25) is 0 Å². The maximum Gasteiger partial charge on any atom is 0.356 e. The normalized spacial score (nSPS) is 9.79. The molecule has 5 heteroatoms. The number of pyridine rings is 1. The van der Waals surface area contributed by atoms with Crippen molar-refractivity contribution in [3.63, 3.8) is 0 Å². The zero-order valence-corrected chi connectivity index (χ0v) is 7.86. The number of nitrogens with one attached hydrogen (secondary N) is 1. The Kier molecular flexibility index (Phi) is 3.87. The van der Waals surface area contributed by atoms with Gasteiger partial charge in [-0.1, -0.05) is 0 Å². The molecule has 0 fully saturated rings. The topological polar surface area (TPSA) is 71.5 Å². The van der Waals surface area contributed by atoms with Crippen LogP contribution in [-0.4, -0.2) is 36.3 Å². The van der Waals surface area contributed by atoms with Gasteiger partial charge in [-0.25, -0.2) is 9.78 Å². The number of carbonyl (C=O) groups is 1. The molecule has 1 aromatic heterocycles. The number of nitrogens with zero attached hydrogens (tertiary/aromatic N) is 1. The van der Waals surface area contributed by atoms with Crippen LogP contribution in [0.3, 0.4) is 0 Å². The van der Waals surface area contributed by atoms with Crippen LogP contribution >= 0.6 is 0 Å². The van der Waals surface area contributed by atoms with Gasteiger partial charge in [-0.2, -0.15) is 0 Å². The minimum absolute atomic E-state index is 0.0311. The molecule has 2 N–H and O–H groups in total. The average Bonchev–Trinajstić information content (AvgIpc) is 2.19. The smallest absolute Gasteiger partial charge is 0.356 e. The summed E-state index contributed by atoms with van der Waals surface area (Å²) < 4.78 is 4.83. The molecule has 14 heavy (non-hydrogen) atoms. The van der Waals surface area contributed by atoms with E-state index in [1.54, 1.807) is 19.2 Å². The van der Waals surface area contributed by atoms with E-state index < -0.39 is 5.97 Å². The Labute approximate surface area is 81.7 Å². The number of ether oxygens (including phenoxy) is 1. The molecule has 0 radical (unpaired) electrons. The first-order valence-corrected chi connectivity index (χ1v) is 4.17. The molecule has 5 nitrogen and oxygen atoms in total. The summed E-state index contributed by atoms with van der Waals surface area (Å²) in [5.41, 5.74) is 0.542. The first-order chi connectivity index (χ1) is 6.75. The SMILES string of the molecule is COCCNc1cccnc1C(=O)O. The van der Waals surface area contributed by atoms with Crippen molar-refractivity contribution in [1.29, 1.82) is 0 Å². The summed E-state index contributed by atoms with van der Waals surface area (Å²) in [5.74, 6) is -1.04. The van der Waals surface area contributed by atoms with Gasteiger partial charge in [0, 0.05) is 19.9 Å². The highest BCUT2D eigenvalue weighted by Gasteiger charge is 2.09. The van der Waals surface area contributed by atoms with Crippen molar-refractivity contribution in [2.45, 2.75) is 0 Å². The van der Waals surface area contributed by atoms with Crippen LogP contribution in [0, 0.1) is 0 Å². The van der Waals surface area contributed by atoms with Crippen LogP contribution in [0.5, 0.6) is 0 Å². The summed E-state index contributed by atoms with van der Waals surface area (Å²) in [6.45, 7) is 1.08. The van der Waals surface area contributed by atoms with Crippen molar-refractivity contribution in [3.8, 4) is 0 Å². The van der Waals surface area contributed by atoms with E-state index in [4.69, 9.17) is 9.84 Å². The van der Waals surface area contributed by atoms with Crippen LogP contribution < -0.4 is 5.32 Å². The number of rotatable bonds is 5. The lowest BCUT2D eigenvalue weighted by Crippen LogP contribution is -2.12. The van der Waals surface area contributed by atoms with Gasteiger partial charge in [-0.3, -0.25) is 0 Å². The summed E-state index contributed by atoms with van der Waals surface area (Å²) >= 11 is 0. The van der Waals surface area contributed by atoms with E-state index >= 15 is 0 Å². The molecule has 0 aliphatic carbocycles. The van der Waals surface area contributed by atoms with Gasteiger partial charge in [-0.05, 0) is 12.1 Å². The summed E-state index contributed by atoms with van der Waals surface area (Å²) in [7, 11) is 1.59. The molecule has 1 heterocycles. The Bertz CT molecular complexity index is 315. The molecule has 1 aromatic rings. The number of aromatic nitrogens is 1. The number of carboxylic acids is 1. The van der Waals surface area contributed by atoms with Gasteiger partial charge in [0.05, 0.1) is 12.3 Å². The molecule has 0 bridgehead atoms. The minimum Gasteiger partial charge on any atom is -0.476 e. The number of methoxy groups -OCH3 is 1. The molecule has 0 spiro atoms. The van der Waals surface area contributed by atoms with Crippen molar-refractivity contribution in [3.05, 3.63) is 24.0 Å². The second kappa shape index (κ2) is 5.18. The molecule has 0 atom stereocenters. The number of aromatic carboxylic acids is 1. The second-order valence-corrected chi connectivity index (χ2v) is 2.62. The van der Waals surface area contributed by atoms with Crippen molar-refractivity contribution < 1.29 is 14.6 Å². The first-order valence-electron chi connectivity index (χ1n) is 4.17. The van der Waals surface area contributed by atoms with Crippen molar-refractivity contribution in [1.82, 2.24) is 4.98 Å². The molecule has 0 aromatic carbocycles. The lowest BCUT2D eigenvalue weighted by molar-refractivity contribution is 0.0691. The van der Waals surface area contributed by atoms with E-state index in [2.05, 4.69) is 10.3 Å². The zero-order valence-electron chi connectivity index (χ0n) is 7.86. The Morgan fingerprint density at radius 3 is 3.14 bits per heavy atom. The van der Waals surface area contributed by atoms with Gasteiger partial charge in [0.25, 0.3) is 0 Å². The van der Waals surface area contributed by atoms with Crippen LogP contribution in [0.1, 0.15) is 10.5 Å². The Morgan fingerprint density at radius 1 is 1.71 bits per heavy atom. The van der Waals surface area contributed by atoms with E-state index in [-0.39, 0.29) is 5.69 Å². The van der Waals surface area contributed by atoms with Crippen molar-refractivity contribution in [2.75, 3.05) is 25.6 Å². The zero-order chi connectivity index (χ0) is 10.4. The van der Waals surface area contributed by atoms with E-state index in [9.17, 15) is 4.79 Å². The molecule has 0 aliphatic rings. The Hall–Kier alpha value is -1.62. The highest BCUT2D eigenvalue weighted by Crippen LogP contribution is 2.10. The number of anilines is 1. The fourth-order valence-corrected chi connectivity index (χ4v) is 1.01.